The number of fused-ring (bicyclic) bond motifs is 8. The standard InChI is InChI=1S/C69H54N2O2/c1-41-16-14-17-42(2)66(41)70(62-30-26-50(32-45(62)5)48-20-10-8-11-21-48)56-28-24-52-36-58-60-40-61-59-37-53-25-29-57(35-55(53)39-65(59)73-69(61)47(7)68(60)72-64(58)38-54(52)34-56)71(67-43(3)18-15-19-44(67)4)63-31-27-51(33-46(63)6)49-22-12-9-13-23-49/h8-40H,1-7H3. The SMILES string of the molecule is Cc1cc(-c2ccccc2)ccc1N(c1ccc2cc3c(cc2c1)oc1c(C)c2oc4cc5cc(N(c6ccc(-c7ccccc7)cc6C)c6c(C)cccc6C)ccc5cc4c2cc13)c1c(C)cccc1C. The summed E-state index contributed by atoms with van der Waals surface area (Å²) in [4.78, 5) is 4.86. The van der Waals surface area contributed by atoms with Crippen LogP contribution in [0.15, 0.2) is 209 Å². The van der Waals surface area contributed by atoms with Crippen LogP contribution < -0.4 is 9.80 Å². The average molecular weight is 943 g/mol. The van der Waals surface area contributed by atoms with Gasteiger partial charge in [-0.15, -0.1) is 0 Å². The molecule has 73 heavy (non-hydrogen) atoms. The van der Waals surface area contributed by atoms with Crippen LogP contribution in [-0.4, -0.2) is 0 Å². The Bertz CT molecular complexity index is 4030. The first-order valence-corrected chi connectivity index (χ1v) is 25.3. The summed E-state index contributed by atoms with van der Waals surface area (Å²) in [7, 11) is 0. The Hall–Kier alpha value is -8.86. The number of anilines is 6. The van der Waals surface area contributed by atoms with E-state index in [-0.39, 0.29) is 0 Å². The Balaban J connectivity index is 0.905. The molecule has 13 rings (SSSR count). The second-order valence-corrected chi connectivity index (χ2v) is 20.1. The summed E-state index contributed by atoms with van der Waals surface area (Å²) in [6.45, 7) is 15.4. The molecule has 0 saturated carbocycles. The lowest BCUT2D eigenvalue weighted by Gasteiger charge is -2.30. The monoisotopic (exact) mass is 942 g/mol. The van der Waals surface area contributed by atoms with Gasteiger partial charge in [0, 0.05) is 49.9 Å². The molecular weight excluding hydrogens is 889 g/mol. The van der Waals surface area contributed by atoms with Crippen molar-refractivity contribution in [3.05, 3.63) is 239 Å². The van der Waals surface area contributed by atoms with Crippen molar-refractivity contribution in [2.45, 2.75) is 48.5 Å². The molecule has 4 heteroatoms. The normalized spacial score (nSPS) is 11.8. The Morgan fingerprint density at radius 2 is 0.699 bits per heavy atom. The summed E-state index contributed by atoms with van der Waals surface area (Å²) in [6, 6.07) is 73.0. The Labute approximate surface area is 426 Å². The lowest BCUT2D eigenvalue weighted by molar-refractivity contribution is 0.651. The van der Waals surface area contributed by atoms with Gasteiger partial charge >= 0.3 is 0 Å². The summed E-state index contributed by atoms with van der Waals surface area (Å²) < 4.78 is 13.7. The van der Waals surface area contributed by atoms with Crippen LogP contribution in [0.5, 0.6) is 0 Å². The van der Waals surface area contributed by atoms with E-state index in [9.17, 15) is 0 Å². The van der Waals surface area contributed by atoms with Crippen LogP contribution in [-0.2, 0) is 0 Å². The van der Waals surface area contributed by atoms with Crippen molar-refractivity contribution in [3.8, 4) is 22.3 Å². The minimum atomic E-state index is 0.855. The predicted molar refractivity (Wildman–Crippen MR) is 309 cm³/mol. The number of rotatable bonds is 8. The fourth-order valence-electron chi connectivity index (χ4n) is 11.6. The van der Waals surface area contributed by atoms with Crippen molar-refractivity contribution in [1.29, 1.82) is 0 Å². The highest BCUT2D eigenvalue weighted by Gasteiger charge is 2.24. The van der Waals surface area contributed by atoms with Gasteiger partial charge in [-0.1, -0.05) is 121 Å². The van der Waals surface area contributed by atoms with Gasteiger partial charge in [0.05, 0.1) is 11.4 Å². The first-order chi connectivity index (χ1) is 35.6. The topological polar surface area (TPSA) is 32.8 Å². The number of furan rings is 2. The highest BCUT2D eigenvalue weighted by atomic mass is 16.3. The van der Waals surface area contributed by atoms with Crippen molar-refractivity contribution in [2.24, 2.45) is 0 Å². The van der Waals surface area contributed by atoms with Gasteiger partial charge in [0.2, 0.25) is 0 Å². The van der Waals surface area contributed by atoms with E-state index in [0.717, 1.165) is 93.7 Å². The lowest BCUT2D eigenvalue weighted by Crippen LogP contribution is -2.14. The average Bonchev–Trinajstić information content (AvgIpc) is 3.95. The van der Waals surface area contributed by atoms with Crippen LogP contribution in [0.2, 0.25) is 0 Å². The molecule has 0 bridgehead atoms. The van der Waals surface area contributed by atoms with E-state index in [2.05, 4.69) is 258 Å². The number of aryl methyl sites for hydroxylation is 7. The zero-order chi connectivity index (χ0) is 49.6. The second-order valence-electron chi connectivity index (χ2n) is 20.1. The van der Waals surface area contributed by atoms with Crippen molar-refractivity contribution >= 4 is 99.5 Å². The maximum atomic E-state index is 6.86. The van der Waals surface area contributed by atoms with Crippen molar-refractivity contribution in [2.75, 3.05) is 9.80 Å². The summed E-state index contributed by atoms with van der Waals surface area (Å²) in [5, 5.41) is 8.92. The minimum Gasteiger partial charge on any atom is -0.456 e. The zero-order valence-corrected chi connectivity index (χ0v) is 42.3. The molecule has 2 aromatic heterocycles. The summed E-state index contributed by atoms with van der Waals surface area (Å²) in [6.07, 6.45) is 0. The molecule has 0 saturated heterocycles. The van der Waals surface area contributed by atoms with E-state index in [1.165, 1.54) is 67.0 Å². The molecule has 0 atom stereocenters. The van der Waals surface area contributed by atoms with E-state index in [4.69, 9.17) is 8.83 Å². The number of para-hydroxylation sites is 2. The van der Waals surface area contributed by atoms with Gasteiger partial charge < -0.3 is 18.6 Å². The molecule has 0 N–H and O–H groups in total. The van der Waals surface area contributed by atoms with Gasteiger partial charge in [-0.25, -0.2) is 0 Å². The van der Waals surface area contributed by atoms with Crippen molar-refractivity contribution in [1.82, 2.24) is 0 Å². The quantitative estimate of drug-likeness (QED) is 0.152. The smallest absolute Gasteiger partial charge is 0.142 e. The van der Waals surface area contributed by atoms with Crippen molar-refractivity contribution < 1.29 is 8.83 Å². The van der Waals surface area contributed by atoms with Crippen LogP contribution in [0.25, 0.3) is 87.7 Å². The first kappa shape index (κ1) is 44.1. The molecular formula is C69H54N2O2. The van der Waals surface area contributed by atoms with E-state index in [1.807, 2.05) is 0 Å². The van der Waals surface area contributed by atoms with Gasteiger partial charge in [-0.05, 0) is 205 Å². The summed E-state index contributed by atoms with van der Waals surface area (Å²) in [5.74, 6) is 0. The van der Waals surface area contributed by atoms with E-state index < -0.39 is 0 Å². The molecule has 0 fully saturated rings. The number of hydrogen-bond donors (Lipinski definition) is 0. The predicted octanol–water partition coefficient (Wildman–Crippen LogP) is 20.2. The molecule has 0 radical (unpaired) electrons. The van der Waals surface area contributed by atoms with Gasteiger partial charge in [0.25, 0.3) is 0 Å². The number of nitrogens with zero attached hydrogens (tertiary/aromatic N) is 2. The molecule has 0 aliphatic heterocycles. The maximum Gasteiger partial charge on any atom is 0.142 e. The molecule has 0 unspecified atom stereocenters. The third-order valence-electron chi connectivity index (χ3n) is 15.2. The van der Waals surface area contributed by atoms with Gasteiger partial charge in [0.15, 0.2) is 0 Å². The molecule has 11 aromatic carbocycles. The fourth-order valence-corrected chi connectivity index (χ4v) is 11.6. The van der Waals surface area contributed by atoms with Gasteiger partial charge in [0.1, 0.15) is 22.3 Å². The zero-order valence-electron chi connectivity index (χ0n) is 42.3. The summed E-state index contributed by atoms with van der Waals surface area (Å²) in [5.41, 5.74) is 23.5. The largest absolute Gasteiger partial charge is 0.456 e. The molecule has 13 aromatic rings. The third kappa shape index (κ3) is 7.35. The fraction of sp³-hybridized carbons (Fsp3) is 0.101. The third-order valence-corrected chi connectivity index (χ3v) is 15.2. The van der Waals surface area contributed by atoms with Crippen molar-refractivity contribution in [3.63, 3.8) is 0 Å². The number of benzene rings is 11. The van der Waals surface area contributed by atoms with E-state index in [1.54, 1.807) is 0 Å². The Morgan fingerprint density at radius 3 is 1.10 bits per heavy atom. The Kier molecular flexibility index (Phi) is 10.4. The lowest BCUT2D eigenvalue weighted by atomic mass is 9.98. The van der Waals surface area contributed by atoms with E-state index in [0.29, 0.717) is 0 Å². The minimum absolute atomic E-state index is 0.855. The Morgan fingerprint density at radius 1 is 0.288 bits per heavy atom. The van der Waals surface area contributed by atoms with Crippen LogP contribution in [0.1, 0.15) is 38.9 Å². The maximum absolute atomic E-state index is 6.86. The molecule has 0 spiro atoms. The highest BCUT2D eigenvalue weighted by molar-refractivity contribution is 6.20. The molecule has 0 aliphatic carbocycles. The first-order valence-electron chi connectivity index (χ1n) is 25.3. The van der Waals surface area contributed by atoms with Crippen LogP contribution in [0.3, 0.4) is 0 Å². The molecule has 4 nitrogen and oxygen atoms in total. The van der Waals surface area contributed by atoms with Gasteiger partial charge in [-0.3, -0.25) is 0 Å². The van der Waals surface area contributed by atoms with Crippen LogP contribution in [0, 0.1) is 48.5 Å². The van der Waals surface area contributed by atoms with Crippen LogP contribution in [0.4, 0.5) is 34.1 Å². The molecule has 0 amide bonds. The summed E-state index contributed by atoms with van der Waals surface area (Å²) >= 11 is 0. The number of hydrogen-bond acceptors (Lipinski definition) is 4. The van der Waals surface area contributed by atoms with Crippen LogP contribution >= 0.6 is 0 Å². The molecule has 352 valence electrons. The highest BCUT2D eigenvalue weighted by Crippen LogP contribution is 2.47. The van der Waals surface area contributed by atoms with E-state index >= 15 is 0 Å². The second kappa shape index (κ2) is 17.2. The molecule has 2 heterocycles. The molecule has 0 aliphatic rings. The van der Waals surface area contributed by atoms with Gasteiger partial charge in [-0.2, -0.15) is 0 Å².